The van der Waals surface area contributed by atoms with Gasteiger partial charge < -0.3 is 15.5 Å². The first-order valence-electron chi connectivity index (χ1n) is 9.35. The van der Waals surface area contributed by atoms with Crippen LogP contribution in [0.4, 0.5) is 19.0 Å². The Morgan fingerprint density at radius 3 is 2.34 bits per heavy atom. The van der Waals surface area contributed by atoms with Gasteiger partial charge in [-0.3, -0.25) is 0 Å². The summed E-state index contributed by atoms with van der Waals surface area (Å²) in [7, 11) is 0. The van der Waals surface area contributed by atoms with Gasteiger partial charge in [0.25, 0.3) is 0 Å². The smallest absolute Gasteiger partial charge is 0.390 e. The van der Waals surface area contributed by atoms with Gasteiger partial charge in [0.1, 0.15) is 11.3 Å². The van der Waals surface area contributed by atoms with E-state index in [1.165, 1.54) is 12.1 Å². The third-order valence-electron chi connectivity index (χ3n) is 5.44. The summed E-state index contributed by atoms with van der Waals surface area (Å²) in [6.07, 6.45) is -3.39. The topological polar surface area (TPSA) is 78.3 Å². The number of nitrogens with one attached hydrogen (secondary N) is 1. The molecule has 5 nitrogen and oxygen atoms in total. The molecule has 3 aromatic rings. The lowest BCUT2D eigenvalue weighted by Gasteiger charge is -2.27. The van der Waals surface area contributed by atoms with Crippen LogP contribution in [0.3, 0.4) is 0 Å². The molecule has 3 N–H and O–H groups in total. The summed E-state index contributed by atoms with van der Waals surface area (Å²) >= 11 is 0. The average Bonchev–Trinajstić information content (AvgIpc) is 3.04. The maximum absolute atomic E-state index is 12.8. The second kappa shape index (κ2) is 7.27. The molecule has 1 fully saturated rings. The van der Waals surface area contributed by atoms with Crippen LogP contribution in [0.2, 0.25) is 0 Å². The predicted molar refractivity (Wildman–Crippen MR) is 103 cm³/mol. The number of rotatable bonds is 4. The Morgan fingerprint density at radius 2 is 1.72 bits per heavy atom. The number of anilines is 1. The molecule has 152 valence electrons. The van der Waals surface area contributed by atoms with Crippen molar-refractivity contribution in [1.29, 1.82) is 0 Å². The molecule has 0 saturated heterocycles. The van der Waals surface area contributed by atoms with E-state index in [-0.39, 0.29) is 6.54 Å². The summed E-state index contributed by atoms with van der Waals surface area (Å²) in [5.41, 5.74) is -0.938. The Bertz CT molecular complexity index is 1020. The maximum Gasteiger partial charge on any atom is 0.416 e. The highest BCUT2D eigenvalue weighted by Crippen LogP contribution is 2.34. The zero-order valence-electron chi connectivity index (χ0n) is 15.4. The number of fused-ring (bicyclic) bond motifs is 1. The second-order valence-electron chi connectivity index (χ2n) is 7.38. The molecule has 1 heterocycles. The number of hydrogen-bond acceptors (Lipinski definition) is 5. The lowest BCUT2D eigenvalue weighted by molar-refractivity contribution is -0.137. The quantitative estimate of drug-likeness (QED) is 0.614. The van der Waals surface area contributed by atoms with Gasteiger partial charge in [0.2, 0.25) is 0 Å². The van der Waals surface area contributed by atoms with Gasteiger partial charge in [-0.25, -0.2) is 0 Å². The van der Waals surface area contributed by atoms with E-state index in [4.69, 9.17) is 0 Å². The third-order valence-corrected chi connectivity index (χ3v) is 5.44. The summed E-state index contributed by atoms with van der Waals surface area (Å²) in [5.74, 6) is 0.448. The number of alkyl halides is 3. The fraction of sp³-hybridized carbons (Fsp3) is 0.333. The Kier molecular flexibility index (Phi) is 4.92. The van der Waals surface area contributed by atoms with Crippen molar-refractivity contribution in [3.05, 3.63) is 54.1 Å². The molecule has 0 spiro atoms. The van der Waals surface area contributed by atoms with Crippen LogP contribution in [0.1, 0.15) is 24.8 Å². The molecular weight excluding hydrogens is 383 g/mol. The molecule has 29 heavy (non-hydrogen) atoms. The van der Waals surface area contributed by atoms with E-state index in [0.717, 1.165) is 29.3 Å². The maximum atomic E-state index is 12.8. The standard InChI is InChI=1S/C21H20F3N3O2/c22-21(23,24)14-9-7-13(8-10-14)18-15-4-1-2-5-16(15)19(27-26-18)25-12-20(29)11-3-6-17(20)28/h1-2,4-5,7-10,17,28-29H,3,6,11-12H2,(H,25,27)/t17-,20-/m1/s1. The van der Waals surface area contributed by atoms with Gasteiger partial charge in [-0.05, 0) is 31.4 Å². The molecule has 1 aromatic heterocycles. The molecule has 8 heteroatoms. The number of halogens is 3. The van der Waals surface area contributed by atoms with E-state index in [0.29, 0.717) is 29.9 Å². The molecule has 1 aliphatic rings. The SMILES string of the molecule is O[C@@H]1CCC[C@@]1(O)CNc1nnc(-c2ccc(C(F)(F)F)cc2)c2ccccc12. The Labute approximate surface area is 165 Å². The van der Waals surface area contributed by atoms with E-state index >= 15 is 0 Å². The van der Waals surface area contributed by atoms with Gasteiger partial charge in [0, 0.05) is 22.9 Å². The van der Waals surface area contributed by atoms with Gasteiger partial charge in [0.05, 0.1) is 11.7 Å². The van der Waals surface area contributed by atoms with Crippen LogP contribution in [-0.2, 0) is 6.18 Å². The summed E-state index contributed by atoms with van der Waals surface area (Å²) in [5, 5.41) is 33.5. The van der Waals surface area contributed by atoms with Gasteiger partial charge in [-0.1, -0.05) is 36.4 Å². The highest BCUT2D eigenvalue weighted by atomic mass is 19.4. The lowest BCUT2D eigenvalue weighted by atomic mass is 9.99. The molecule has 2 aromatic carbocycles. The minimum Gasteiger partial charge on any atom is -0.390 e. The van der Waals surface area contributed by atoms with Crippen LogP contribution in [0.25, 0.3) is 22.0 Å². The van der Waals surface area contributed by atoms with Crippen LogP contribution < -0.4 is 5.32 Å². The van der Waals surface area contributed by atoms with Crippen LogP contribution >= 0.6 is 0 Å². The molecule has 2 atom stereocenters. The van der Waals surface area contributed by atoms with Crippen LogP contribution in [0.5, 0.6) is 0 Å². The first-order valence-corrected chi connectivity index (χ1v) is 9.35. The highest BCUT2D eigenvalue weighted by molar-refractivity contribution is 6.00. The predicted octanol–water partition coefficient (Wildman–Crippen LogP) is 4.00. The Hall–Kier alpha value is -2.71. The molecule has 0 amide bonds. The first kappa shape index (κ1) is 19.6. The minimum atomic E-state index is -4.40. The van der Waals surface area contributed by atoms with Gasteiger partial charge >= 0.3 is 6.18 Å². The van der Waals surface area contributed by atoms with Crippen molar-refractivity contribution in [3.8, 4) is 11.3 Å². The van der Waals surface area contributed by atoms with E-state index in [1.54, 1.807) is 0 Å². The number of aromatic nitrogens is 2. The lowest BCUT2D eigenvalue weighted by Crippen LogP contribution is -2.44. The number of aliphatic hydroxyl groups excluding tert-OH is 1. The summed E-state index contributed by atoms with van der Waals surface area (Å²) in [4.78, 5) is 0. The summed E-state index contributed by atoms with van der Waals surface area (Å²) in [6, 6.07) is 12.1. The monoisotopic (exact) mass is 403 g/mol. The fourth-order valence-corrected chi connectivity index (χ4v) is 3.74. The number of benzene rings is 2. The van der Waals surface area contributed by atoms with Crippen molar-refractivity contribution < 1.29 is 23.4 Å². The average molecular weight is 403 g/mol. The molecule has 4 rings (SSSR count). The zero-order chi connectivity index (χ0) is 20.6. The molecule has 0 aliphatic heterocycles. The van der Waals surface area contributed by atoms with Crippen LogP contribution in [0, 0.1) is 0 Å². The van der Waals surface area contributed by atoms with Crippen molar-refractivity contribution in [1.82, 2.24) is 10.2 Å². The van der Waals surface area contributed by atoms with E-state index in [9.17, 15) is 23.4 Å². The highest BCUT2D eigenvalue weighted by Gasteiger charge is 2.40. The van der Waals surface area contributed by atoms with Crippen molar-refractivity contribution in [3.63, 3.8) is 0 Å². The Balaban J connectivity index is 1.67. The molecule has 0 radical (unpaired) electrons. The van der Waals surface area contributed by atoms with E-state index < -0.39 is 23.4 Å². The minimum absolute atomic E-state index is 0.131. The fourth-order valence-electron chi connectivity index (χ4n) is 3.74. The first-order chi connectivity index (χ1) is 13.8. The number of hydrogen-bond donors (Lipinski definition) is 3. The number of aliphatic hydroxyl groups is 2. The Morgan fingerprint density at radius 1 is 1.03 bits per heavy atom. The number of nitrogens with zero attached hydrogens (tertiary/aromatic N) is 2. The molecular formula is C21H20F3N3O2. The molecule has 1 saturated carbocycles. The van der Waals surface area contributed by atoms with Gasteiger partial charge in [-0.2, -0.15) is 13.2 Å². The molecule has 0 unspecified atom stereocenters. The summed E-state index contributed by atoms with van der Waals surface area (Å²) in [6.45, 7) is 0.131. The summed E-state index contributed by atoms with van der Waals surface area (Å²) < 4.78 is 38.5. The van der Waals surface area contributed by atoms with Crippen molar-refractivity contribution in [2.24, 2.45) is 0 Å². The zero-order valence-corrected chi connectivity index (χ0v) is 15.4. The van der Waals surface area contributed by atoms with Gasteiger partial charge in [-0.15, -0.1) is 10.2 Å². The van der Waals surface area contributed by atoms with Crippen LogP contribution in [0.15, 0.2) is 48.5 Å². The normalized spacial score (nSPS) is 22.2. The second-order valence-corrected chi connectivity index (χ2v) is 7.38. The van der Waals surface area contributed by atoms with Crippen molar-refractivity contribution in [2.45, 2.75) is 37.1 Å². The van der Waals surface area contributed by atoms with Crippen LogP contribution in [-0.4, -0.2) is 38.7 Å². The third kappa shape index (κ3) is 3.77. The molecule has 1 aliphatic carbocycles. The van der Waals surface area contributed by atoms with Crippen molar-refractivity contribution in [2.75, 3.05) is 11.9 Å². The molecule has 0 bridgehead atoms. The largest absolute Gasteiger partial charge is 0.416 e. The van der Waals surface area contributed by atoms with Gasteiger partial charge in [0.15, 0.2) is 5.82 Å². The van der Waals surface area contributed by atoms with E-state index in [1.807, 2.05) is 24.3 Å². The van der Waals surface area contributed by atoms with Crippen molar-refractivity contribution >= 4 is 16.6 Å². The van der Waals surface area contributed by atoms with E-state index in [2.05, 4.69) is 15.5 Å².